The maximum absolute atomic E-state index is 10.6. The van der Waals surface area contributed by atoms with Gasteiger partial charge in [0, 0.05) is 0 Å². The molecule has 0 amide bonds. The van der Waals surface area contributed by atoms with E-state index in [9.17, 15) is 9.59 Å². The van der Waals surface area contributed by atoms with E-state index in [4.69, 9.17) is 10.2 Å². The van der Waals surface area contributed by atoms with Gasteiger partial charge >= 0.3 is 11.9 Å². The first kappa shape index (κ1) is 20.2. The van der Waals surface area contributed by atoms with Gasteiger partial charge in [0.15, 0.2) is 6.29 Å². The number of ether oxygens (including phenoxy) is 2. The minimum atomic E-state index is -1.10. The Morgan fingerprint density at radius 1 is 1.05 bits per heavy atom. The third-order valence-corrected chi connectivity index (χ3v) is 2.13. The SMILES string of the molecule is CCCCCC(O)O.CCOC(=O)CCC(=O)OC. The van der Waals surface area contributed by atoms with Crippen molar-refractivity contribution in [3.8, 4) is 0 Å². The van der Waals surface area contributed by atoms with Crippen molar-refractivity contribution in [2.45, 2.75) is 58.7 Å². The Hall–Kier alpha value is -1.14. The molecular formula is C13H26O6. The predicted molar refractivity (Wildman–Crippen MR) is 70.3 cm³/mol. The molecule has 0 heterocycles. The summed E-state index contributed by atoms with van der Waals surface area (Å²) in [5.74, 6) is -0.754. The van der Waals surface area contributed by atoms with E-state index in [-0.39, 0.29) is 18.8 Å². The molecule has 6 heteroatoms. The molecule has 0 radical (unpaired) electrons. The number of aliphatic hydroxyl groups is 2. The molecule has 0 rings (SSSR count). The second-order valence-corrected chi connectivity index (χ2v) is 3.86. The van der Waals surface area contributed by atoms with Crippen molar-refractivity contribution in [3.05, 3.63) is 0 Å². The summed E-state index contributed by atoms with van der Waals surface area (Å²) in [5, 5.41) is 16.7. The van der Waals surface area contributed by atoms with E-state index in [0.29, 0.717) is 13.0 Å². The van der Waals surface area contributed by atoms with Crippen molar-refractivity contribution >= 4 is 11.9 Å². The van der Waals surface area contributed by atoms with Crippen LogP contribution in [-0.4, -0.2) is 42.2 Å². The van der Waals surface area contributed by atoms with Gasteiger partial charge < -0.3 is 19.7 Å². The lowest BCUT2D eigenvalue weighted by Crippen LogP contribution is -2.08. The molecule has 0 unspecified atom stereocenters. The normalized spacial score (nSPS) is 9.58. The first-order valence-electron chi connectivity index (χ1n) is 6.56. The molecule has 0 atom stereocenters. The zero-order valence-electron chi connectivity index (χ0n) is 12.1. The number of aliphatic hydroxyl groups excluding tert-OH is 1. The summed E-state index contributed by atoms with van der Waals surface area (Å²) in [4.78, 5) is 21.1. The van der Waals surface area contributed by atoms with Gasteiger partial charge in [0.2, 0.25) is 0 Å². The van der Waals surface area contributed by atoms with Gasteiger partial charge in [-0.05, 0) is 19.8 Å². The van der Waals surface area contributed by atoms with Crippen LogP contribution in [0.5, 0.6) is 0 Å². The lowest BCUT2D eigenvalue weighted by Gasteiger charge is -1.99. The van der Waals surface area contributed by atoms with E-state index in [1.165, 1.54) is 7.11 Å². The fourth-order valence-corrected chi connectivity index (χ4v) is 1.12. The fourth-order valence-electron chi connectivity index (χ4n) is 1.12. The van der Waals surface area contributed by atoms with Crippen LogP contribution in [0.1, 0.15) is 52.4 Å². The van der Waals surface area contributed by atoms with Crippen LogP contribution in [0.15, 0.2) is 0 Å². The number of methoxy groups -OCH3 is 1. The van der Waals surface area contributed by atoms with Crippen molar-refractivity contribution in [2.75, 3.05) is 13.7 Å². The number of esters is 2. The van der Waals surface area contributed by atoms with Gasteiger partial charge in [-0.2, -0.15) is 0 Å². The van der Waals surface area contributed by atoms with E-state index in [1.807, 2.05) is 0 Å². The number of carbonyl (C=O) groups excluding carboxylic acids is 2. The van der Waals surface area contributed by atoms with E-state index in [2.05, 4.69) is 16.4 Å². The molecule has 0 aliphatic heterocycles. The molecule has 0 aliphatic carbocycles. The molecule has 0 spiro atoms. The highest BCUT2D eigenvalue weighted by Crippen LogP contribution is 2.00. The predicted octanol–water partition coefficient (Wildman–Crippen LogP) is 1.38. The highest BCUT2D eigenvalue weighted by atomic mass is 16.5. The monoisotopic (exact) mass is 278 g/mol. The number of hydrogen-bond donors (Lipinski definition) is 2. The van der Waals surface area contributed by atoms with E-state index < -0.39 is 12.3 Å². The number of carbonyl (C=O) groups is 2. The van der Waals surface area contributed by atoms with E-state index in [0.717, 1.165) is 19.3 Å². The molecule has 0 aromatic heterocycles. The van der Waals surface area contributed by atoms with Gasteiger partial charge in [-0.25, -0.2) is 0 Å². The number of unbranched alkanes of at least 4 members (excludes halogenated alkanes) is 2. The molecule has 19 heavy (non-hydrogen) atoms. The van der Waals surface area contributed by atoms with Gasteiger partial charge in [-0.3, -0.25) is 9.59 Å². The Morgan fingerprint density at radius 3 is 2.05 bits per heavy atom. The zero-order chi connectivity index (χ0) is 15.1. The minimum absolute atomic E-state index is 0.0926. The maximum Gasteiger partial charge on any atom is 0.306 e. The second kappa shape index (κ2) is 14.9. The lowest BCUT2D eigenvalue weighted by atomic mass is 10.2. The summed E-state index contributed by atoms with van der Waals surface area (Å²) < 4.78 is 8.92. The van der Waals surface area contributed by atoms with Crippen molar-refractivity contribution in [2.24, 2.45) is 0 Å². The highest BCUT2D eigenvalue weighted by molar-refractivity contribution is 5.77. The Balaban J connectivity index is 0. The van der Waals surface area contributed by atoms with Gasteiger partial charge in [0.1, 0.15) is 0 Å². The maximum atomic E-state index is 10.6. The highest BCUT2D eigenvalue weighted by Gasteiger charge is 2.06. The van der Waals surface area contributed by atoms with Crippen LogP contribution < -0.4 is 0 Å². The Kier molecular flexibility index (Phi) is 15.8. The zero-order valence-corrected chi connectivity index (χ0v) is 12.1. The van der Waals surface area contributed by atoms with Gasteiger partial charge in [0.25, 0.3) is 0 Å². The van der Waals surface area contributed by atoms with E-state index in [1.54, 1.807) is 6.92 Å². The Labute approximate surface area is 114 Å². The third kappa shape index (κ3) is 19.4. The molecular weight excluding hydrogens is 252 g/mol. The van der Waals surface area contributed by atoms with Crippen LogP contribution in [0.3, 0.4) is 0 Å². The molecule has 0 saturated carbocycles. The van der Waals surface area contributed by atoms with Crippen LogP contribution in [0.25, 0.3) is 0 Å². The summed E-state index contributed by atoms with van der Waals surface area (Å²) in [6.45, 7) is 4.15. The number of rotatable bonds is 8. The molecule has 0 fully saturated rings. The summed E-state index contributed by atoms with van der Waals surface area (Å²) in [6.07, 6.45) is 2.77. The quantitative estimate of drug-likeness (QED) is 0.396. The molecule has 2 N–H and O–H groups in total. The van der Waals surface area contributed by atoms with Crippen LogP contribution in [-0.2, 0) is 19.1 Å². The molecule has 0 saturated heterocycles. The first-order chi connectivity index (χ1) is 8.97. The van der Waals surface area contributed by atoms with Crippen molar-refractivity contribution in [1.82, 2.24) is 0 Å². The average molecular weight is 278 g/mol. The molecule has 0 aromatic carbocycles. The molecule has 0 bridgehead atoms. The van der Waals surface area contributed by atoms with Crippen LogP contribution in [0.4, 0.5) is 0 Å². The third-order valence-electron chi connectivity index (χ3n) is 2.13. The first-order valence-corrected chi connectivity index (χ1v) is 6.56. The van der Waals surface area contributed by atoms with E-state index >= 15 is 0 Å². The average Bonchev–Trinajstić information content (AvgIpc) is 2.37. The summed E-state index contributed by atoms with van der Waals surface area (Å²) in [6, 6.07) is 0. The fraction of sp³-hybridized carbons (Fsp3) is 0.846. The number of hydrogen-bond acceptors (Lipinski definition) is 6. The lowest BCUT2D eigenvalue weighted by molar-refractivity contribution is -0.148. The van der Waals surface area contributed by atoms with Gasteiger partial charge in [-0.1, -0.05) is 19.8 Å². The standard InChI is InChI=1S/C7H12O4.C6H14O2/c1-3-11-7(9)5-4-6(8)10-2;1-2-3-4-5-6(7)8/h3-5H2,1-2H3;6-8H,2-5H2,1H3. The summed E-state index contributed by atoms with van der Waals surface area (Å²) >= 11 is 0. The Bertz CT molecular complexity index is 227. The second-order valence-electron chi connectivity index (χ2n) is 3.86. The van der Waals surface area contributed by atoms with Crippen LogP contribution >= 0.6 is 0 Å². The smallest absolute Gasteiger partial charge is 0.306 e. The minimum Gasteiger partial charge on any atom is -0.469 e. The van der Waals surface area contributed by atoms with Gasteiger partial charge in [-0.15, -0.1) is 0 Å². The largest absolute Gasteiger partial charge is 0.469 e. The molecule has 0 aliphatic rings. The molecule has 114 valence electrons. The van der Waals surface area contributed by atoms with Crippen molar-refractivity contribution < 1.29 is 29.3 Å². The van der Waals surface area contributed by atoms with Gasteiger partial charge in [0.05, 0.1) is 26.6 Å². The summed E-state index contributed by atoms with van der Waals surface area (Å²) in [7, 11) is 1.29. The Morgan fingerprint density at radius 2 is 1.63 bits per heavy atom. The molecule has 6 nitrogen and oxygen atoms in total. The molecule has 0 aromatic rings. The van der Waals surface area contributed by atoms with Crippen LogP contribution in [0, 0.1) is 0 Å². The van der Waals surface area contributed by atoms with Crippen molar-refractivity contribution in [1.29, 1.82) is 0 Å². The topological polar surface area (TPSA) is 93.1 Å². The summed E-state index contributed by atoms with van der Waals surface area (Å²) in [5.41, 5.74) is 0. The van der Waals surface area contributed by atoms with Crippen molar-refractivity contribution in [3.63, 3.8) is 0 Å². The van der Waals surface area contributed by atoms with Crippen LogP contribution in [0.2, 0.25) is 0 Å².